The van der Waals surface area contributed by atoms with E-state index in [2.05, 4.69) is 15.5 Å². The van der Waals surface area contributed by atoms with Gasteiger partial charge in [0.05, 0.1) is 5.75 Å². The lowest BCUT2D eigenvalue weighted by molar-refractivity contribution is -0.113. The van der Waals surface area contributed by atoms with E-state index in [0.29, 0.717) is 11.0 Å². The van der Waals surface area contributed by atoms with E-state index in [-0.39, 0.29) is 11.4 Å². The van der Waals surface area contributed by atoms with Gasteiger partial charge in [0.15, 0.2) is 17.5 Å². The predicted molar refractivity (Wildman–Crippen MR) is 96.1 cm³/mol. The zero-order valence-corrected chi connectivity index (χ0v) is 14.6. The summed E-state index contributed by atoms with van der Waals surface area (Å²) in [6.07, 6.45) is 0. The number of benzene rings is 2. The molecule has 9 heteroatoms. The fourth-order valence-corrected chi connectivity index (χ4v) is 2.83. The summed E-state index contributed by atoms with van der Waals surface area (Å²) in [6, 6.07) is 10.8. The summed E-state index contributed by atoms with van der Waals surface area (Å²) in [7, 11) is 0. The lowest BCUT2D eigenvalue weighted by atomic mass is 10.1. The number of nitrogens with zero attached hydrogens (tertiary/aromatic N) is 3. The number of hydrogen-bond acceptors (Lipinski definition) is 5. The molecule has 0 saturated heterocycles. The van der Waals surface area contributed by atoms with Gasteiger partial charge >= 0.3 is 0 Å². The summed E-state index contributed by atoms with van der Waals surface area (Å²) in [5.41, 5.74) is 2.09. The van der Waals surface area contributed by atoms with Gasteiger partial charge in [0.1, 0.15) is 0 Å². The molecule has 3 rings (SSSR count). The molecule has 0 atom stereocenters. The molecule has 26 heavy (non-hydrogen) atoms. The predicted octanol–water partition coefficient (Wildman–Crippen LogP) is 2.98. The number of amides is 1. The van der Waals surface area contributed by atoms with Crippen molar-refractivity contribution >= 4 is 23.4 Å². The third-order valence-electron chi connectivity index (χ3n) is 3.51. The molecule has 0 radical (unpaired) electrons. The van der Waals surface area contributed by atoms with Crippen LogP contribution in [0.3, 0.4) is 0 Å². The molecule has 0 saturated carbocycles. The number of rotatable bonds is 5. The minimum atomic E-state index is -1.03. The van der Waals surface area contributed by atoms with Crippen molar-refractivity contribution in [2.24, 2.45) is 0 Å². The molecule has 1 heterocycles. The van der Waals surface area contributed by atoms with Crippen LogP contribution < -0.4 is 11.2 Å². The number of aryl methyl sites for hydroxylation is 1. The van der Waals surface area contributed by atoms with Gasteiger partial charge in [0, 0.05) is 17.3 Å². The van der Waals surface area contributed by atoms with Gasteiger partial charge in [0.2, 0.25) is 11.1 Å². The Morgan fingerprint density at radius 2 is 1.88 bits per heavy atom. The van der Waals surface area contributed by atoms with Crippen LogP contribution in [0.4, 0.5) is 14.5 Å². The highest BCUT2D eigenvalue weighted by molar-refractivity contribution is 7.99. The van der Waals surface area contributed by atoms with Crippen LogP contribution in [0.25, 0.3) is 11.4 Å². The summed E-state index contributed by atoms with van der Waals surface area (Å²) in [5.74, 6) is 4.06. The number of carbonyl (C=O) groups excluding carboxylic acids is 1. The second kappa shape index (κ2) is 7.52. The minimum absolute atomic E-state index is 0.0117. The normalized spacial score (nSPS) is 10.7. The van der Waals surface area contributed by atoms with Gasteiger partial charge in [-0.1, -0.05) is 41.6 Å². The molecule has 1 aromatic heterocycles. The summed E-state index contributed by atoms with van der Waals surface area (Å²) in [4.78, 5) is 12.0. The zero-order chi connectivity index (χ0) is 18.7. The van der Waals surface area contributed by atoms with Crippen LogP contribution in [0, 0.1) is 18.6 Å². The monoisotopic (exact) mass is 375 g/mol. The van der Waals surface area contributed by atoms with Gasteiger partial charge in [-0.15, -0.1) is 10.2 Å². The van der Waals surface area contributed by atoms with E-state index in [0.717, 1.165) is 35.0 Å². The van der Waals surface area contributed by atoms with E-state index < -0.39 is 17.5 Å². The Balaban J connectivity index is 1.63. The molecule has 2 aromatic carbocycles. The Morgan fingerprint density at radius 3 is 2.58 bits per heavy atom. The summed E-state index contributed by atoms with van der Waals surface area (Å²) >= 11 is 1.08. The summed E-state index contributed by atoms with van der Waals surface area (Å²) in [6.45, 7) is 1.98. The van der Waals surface area contributed by atoms with Crippen molar-refractivity contribution in [2.75, 3.05) is 16.9 Å². The Kier molecular flexibility index (Phi) is 5.17. The van der Waals surface area contributed by atoms with E-state index in [1.165, 1.54) is 10.7 Å². The molecule has 0 aliphatic carbocycles. The van der Waals surface area contributed by atoms with Crippen LogP contribution in [0.1, 0.15) is 5.56 Å². The summed E-state index contributed by atoms with van der Waals surface area (Å²) in [5, 5.41) is 10.9. The minimum Gasteiger partial charge on any atom is -0.335 e. The molecule has 3 aromatic rings. The molecule has 0 aliphatic heterocycles. The Morgan fingerprint density at radius 1 is 1.15 bits per heavy atom. The highest BCUT2D eigenvalue weighted by Gasteiger charge is 2.14. The second-order valence-corrected chi connectivity index (χ2v) is 6.45. The van der Waals surface area contributed by atoms with Gasteiger partial charge < -0.3 is 11.2 Å². The second-order valence-electron chi connectivity index (χ2n) is 5.51. The fourth-order valence-electron chi connectivity index (χ4n) is 2.18. The van der Waals surface area contributed by atoms with E-state index in [4.69, 9.17) is 5.84 Å². The first-order chi connectivity index (χ1) is 12.4. The van der Waals surface area contributed by atoms with Crippen LogP contribution in [0.15, 0.2) is 47.6 Å². The van der Waals surface area contributed by atoms with Gasteiger partial charge in [-0.3, -0.25) is 4.79 Å². The molecular weight excluding hydrogens is 360 g/mol. The van der Waals surface area contributed by atoms with Gasteiger partial charge in [-0.25, -0.2) is 13.5 Å². The van der Waals surface area contributed by atoms with Crippen molar-refractivity contribution in [2.45, 2.75) is 12.1 Å². The lowest BCUT2D eigenvalue weighted by Gasteiger charge is -2.06. The number of nitrogens with one attached hydrogen (secondary N) is 1. The van der Waals surface area contributed by atoms with E-state index in [9.17, 15) is 13.6 Å². The van der Waals surface area contributed by atoms with Gasteiger partial charge in [0.25, 0.3) is 0 Å². The van der Waals surface area contributed by atoms with Crippen LogP contribution in [0.5, 0.6) is 0 Å². The highest BCUT2D eigenvalue weighted by Crippen LogP contribution is 2.22. The van der Waals surface area contributed by atoms with Crippen LogP contribution in [0.2, 0.25) is 0 Å². The third-order valence-corrected chi connectivity index (χ3v) is 4.45. The first kappa shape index (κ1) is 17.9. The average Bonchev–Trinajstić information content (AvgIpc) is 2.98. The maximum atomic E-state index is 13.2. The van der Waals surface area contributed by atoms with E-state index >= 15 is 0 Å². The number of hydrogen-bond donors (Lipinski definition) is 2. The zero-order valence-electron chi connectivity index (χ0n) is 13.7. The number of nitrogens with two attached hydrogens (primary N) is 1. The number of anilines is 1. The number of halogens is 2. The molecular formula is C17H15F2N5OS. The van der Waals surface area contributed by atoms with Crippen molar-refractivity contribution in [1.29, 1.82) is 0 Å². The summed E-state index contributed by atoms with van der Waals surface area (Å²) < 4.78 is 27.3. The first-order valence-corrected chi connectivity index (χ1v) is 8.58. The quantitative estimate of drug-likeness (QED) is 0.529. The Bertz CT molecular complexity index is 943. The van der Waals surface area contributed by atoms with Crippen molar-refractivity contribution < 1.29 is 13.6 Å². The number of aromatic nitrogens is 3. The van der Waals surface area contributed by atoms with Crippen molar-refractivity contribution in [1.82, 2.24) is 14.9 Å². The van der Waals surface area contributed by atoms with Gasteiger partial charge in [-0.05, 0) is 19.1 Å². The molecule has 0 fully saturated rings. The molecule has 1 amide bonds. The van der Waals surface area contributed by atoms with Crippen LogP contribution >= 0.6 is 11.8 Å². The smallest absolute Gasteiger partial charge is 0.234 e. The van der Waals surface area contributed by atoms with E-state index in [1.54, 1.807) is 0 Å². The largest absolute Gasteiger partial charge is 0.335 e. The lowest BCUT2D eigenvalue weighted by Crippen LogP contribution is -2.16. The van der Waals surface area contributed by atoms with Crippen LogP contribution in [-0.4, -0.2) is 26.5 Å². The molecule has 0 spiro atoms. The maximum absolute atomic E-state index is 13.2. The standard InChI is InChI=1S/C17H15F2N5OS/c1-10-2-4-11(5-3-10)16-22-23-17(24(16)20)26-9-15(25)21-12-6-7-13(18)14(19)8-12/h2-8H,9,20H2,1H3,(H,21,25). The van der Waals surface area contributed by atoms with Crippen molar-refractivity contribution in [3.8, 4) is 11.4 Å². The molecule has 0 unspecified atom stereocenters. The molecule has 134 valence electrons. The highest BCUT2D eigenvalue weighted by atomic mass is 32.2. The Labute approximate surface area is 152 Å². The van der Waals surface area contributed by atoms with Crippen molar-refractivity contribution in [3.05, 3.63) is 59.7 Å². The fraction of sp³-hybridized carbons (Fsp3) is 0.118. The molecule has 3 N–H and O–H groups in total. The molecule has 0 bridgehead atoms. The number of thioether (sulfide) groups is 1. The number of carbonyl (C=O) groups is 1. The van der Waals surface area contributed by atoms with Crippen molar-refractivity contribution in [3.63, 3.8) is 0 Å². The molecule has 0 aliphatic rings. The SMILES string of the molecule is Cc1ccc(-c2nnc(SCC(=O)Nc3ccc(F)c(F)c3)n2N)cc1. The maximum Gasteiger partial charge on any atom is 0.234 e. The van der Waals surface area contributed by atoms with Gasteiger partial charge in [-0.2, -0.15) is 0 Å². The van der Waals surface area contributed by atoms with E-state index in [1.807, 2.05) is 31.2 Å². The molecule has 6 nitrogen and oxygen atoms in total. The first-order valence-electron chi connectivity index (χ1n) is 7.59. The average molecular weight is 375 g/mol. The number of nitrogen functional groups attached to an aromatic ring is 1. The Hall–Kier alpha value is -2.94. The topological polar surface area (TPSA) is 85.8 Å². The third kappa shape index (κ3) is 3.99. The van der Waals surface area contributed by atoms with Crippen LogP contribution in [-0.2, 0) is 4.79 Å².